The van der Waals surface area contributed by atoms with Gasteiger partial charge in [-0.15, -0.1) is 0 Å². The van der Waals surface area contributed by atoms with Crippen molar-refractivity contribution >= 4 is 19.7 Å². The van der Waals surface area contributed by atoms with Crippen LogP contribution >= 0.6 is 7.82 Å². The van der Waals surface area contributed by atoms with E-state index in [1.165, 1.54) is 38.5 Å². The van der Waals surface area contributed by atoms with Crippen molar-refractivity contribution in [2.24, 2.45) is 0 Å². The van der Waals surface area contributed by atoms with Crippen LogP contribution < -0.4 is 5.32 Å². The maximum atomic E-state index is 11.8. The number of aliphatic hydroxyl groups excluding tert-OH is 1. The van der Waals surface area contributed by atoms with Crippen LogP contribution in [0.3, 0.4) is 0 Å². The number of carbonyl (C=O) groups is 2. The Kier molecular flexibility index (Phi) is 22.3. The lowest BCUT2D eigenvalue weighted by atomic mass is 10.1. The Morgan fingerprint density at radius 3 is 2.11 bits per heavy atom. The van der Waals surface area contributed by atoms with Crippen molar-refractivity contribution in [3.05, 3.63) is 12.2 Å². The lowest BCUT2D eigenvalue weighted by Gasteiger charge is -2.15. The molecule has 0 aliphatic rings. The molecule has 0 saturated carbocycles. The van der Waals surface area contributed by atoms with E-state index in [0.29, 0.717) is 6.42 Å². The smallest absolute Gasteiger partial charge is 0.463 e. The summed E-state index contributed by atoms with van der Waals surface area (Å²) in [5.41, 5.74) is 0. The summed E-state index contributed by atoms with van der Waals surface area (Å²) in [7, 11) is -4.36. The third kappa shape index (κ3) is 24.2. The summed E-state index contributed by atoms with van der Waals surface area (Å²) in [4.78, 5) is 32.4. The molecule has 0 aliphatic heterocycles. The molecule has 2 unspecified atom stereocenters. The molecule has 0 aromatic heterocycles. The molecule has 9 nitrogen and oxygen atoms in total. The minimum Gasteiger partial charge on any atom is -0.463 e. The molecule has 0 spiro atoms. The number of phosphoric ester groups is 1. The van der Waals surface area contributed by atoms with Gasteiger partial charge >= 0.3 is 13.8 Å². The van der Waals surface area contributed by atoms with Crippen molar-refractivity contribution in [3.8, 4) is 0 Å². The monoisotopic (exact) mass is 521 g/mol. The molecule has 0 aromatic carbocycles. The van der Waals surface area contributed by atoms with Gasteiger partial charge in [0, 0.05) is 19.4 Å². The topological polar surface area (TPSA) is 131 Å². The van der Waals surface area contributed by atoms with Gasteiger partial charge < -0.3 is 20.1 Å². The van der Waals surface area contributed by atoms with Gasteiger partial charge in [-0.25, -0.2) is 4.57 Å². The largest absolute Gasteiger partial charge is 0.472 e. The van der Waals surface area contributed by atoms with E-state index in [1.807, 2.05) is 0 Å². The SMILES string of the molecule is CCCCCCC/C=C\CCCCCCCC(=O)OCC(O)COP(=O)(O)OCCNC(=O)CC. The van der Waals surface area contributed by atoms with Gasteiger partial charge in [0.1, 0.15) is 12.7 Å². The van der Waals surface area contributed by atoms with E-state index in [-0.39, 0.29) is 32.1 Å². The molecule has 3 N–H and O–H groups in total. The first-order chi connectivity index (χ1) is 16.8. The second-order valence-electron chi connectivity index (χ2n) is 8.62. The van der Waals surface area contributed by atoms with Crippen molar-refractivity contribution in [1.29, 1.82) is 0 Å². The number of ether oxygens (including phenoxy) is 1. The van der Waals surface area contributed by atoms with Crippen molar-refractivity contribution in [3.63, 3.8) is 0 Å². The number of nitrogens with one attached hydrogen (secondary N) is 1. The number of hydrogen-bond donors (Lipinski definition) is 3. The maximum absolute atomic E-state index is 11.8. The summed E-state index contributed by atoms with van der Waals surface area (Å²) in [6, 6.07) is 0. The third-order valence-corrected chi connectivity index (χ3v) is 6.24. The Labute approximate surface area is 211 Å². The van der Waals surface area contributed by atoms with Crippen LogP contribution in [0, 0.1) is 0 Å². The van der Waals surface area contributed by atoms with Gasteiger partial charge in [-0.05, 0) is 32.1 Å². The Hall–Kier alpha value is -1.25. The van der Waals surface area contributed by atoms with Crippen molar-refractivity contribution in [2.45, 2.75) is 110 Å². The van der Waals surface area contributed by atoms with Crippen molar-refractivity contribution in [2.75, 3.05) is 26.4 Å². The number of rotatable bonds is 24. The van der Waals surface area contributed by atoms with Crippen LogP contribution in [0.5, 0.6) is 0 Å². The lowest BCUT2D eigenvalue weighted by molar-refractivity contribution is -0.147. The molecule has 0 bridgehead atoms. The zero-order valence-corrected chi connectivity index (χ0v) is 22.6. The standard InChI is InChI=1S/C25H48NO8P/c1-3-5-6-7-8-9-10-11-12-13-14-15-16-17-18-25(29)32-21-23(27)22-34-35(30,31)33-20-19-26-24(28)4-2/h10-11,23,27H,3-9,12-22H2,1-2H3,(H,26,28)(H,30,31)/b11-10-. The van der Waals surface area contributed by atoms with E-state index < -0.39 is 26.5 Å². The highest BCUT2D eigenvalue weighted by molar-refractivity contribution is 7.47. The average molecular weight is 522 g/mol. The predicted octanol–water partition coefficient (Wildman–Crippen LogP) is 5.20. The molecule has 0 aromatic rings. The summed E-state index contributed by atoms with van der Waals surface area (Å²) in [5.74, 6) is -0.618. The number of aliphatic hydroxyl groups is 1. The van der Waals surface area contributed by atoms with Crippen LogP contribution in [0.4, 0.5) is 0 Å². The molecule has 1 amide bonds. The number of hydrogen-bond acceptors (Lipinski definition) is 7. The number of unbranched alkanes of at least 4 members (excludes halogenated alkanes) is 10. The fourth-order valence-electron chi connectivity index (χ4n) is 3.17. The van der Waals surface area contributed by atoms with Crippen LogP contribution in [0.15, 0.2) is 12.2 Å². The van der Waals surface area contributed by atoms with Gasteiger partial charge in [-0.3, -0.25) is 18.6 Å². The van der Waals surface area contributed by atoms with Crippen molar-refractivity contribution in [1.82, 2.24) is 5.32 Å². The van der Waals surface area contributed by atoms with Gasteiger partial charge in [-0.2, -0.15) is 0 Å². The highest BCUT2D eigenvalue weighted by atomic mass is 31.2. The predicted molar refractivity (Wildman–Crippen MR) is 137 cm³/mol. The van der Waals surface area contributed by atoms with E-state index in [0.717, 1.165) is 38.5 Å². The van der Waals surface area contributed by atoms with Gasteiger partial charge in [0.25, 0.3) is 0 Å². The molecule has 0 radical (unpaired) electrons. The molecule has 2 atom stereocenters. The normalized spacial score (nSPS) is 14.1. The fraction of sp³-hybridized carbons (Fsp3) is 0.840. The first-order valence-corrected chi connectivity index (χ1v) is 14.7. The van der Waals surface area contributed by atoms with E-state index in [1.54, 1.807) is 6.92 Å². The first-order valence-electron chi connectivity index (χ1n) is 13.2. The summed E-state index contributed by atoms with van der Waals surface area (Å²) in [5, 5.41) is 12.3. The van der Waals surface area contributed by atoms with Crippen LogP contribution in [-0.2, 0) is 27.9 Å². The van der Waals surface area contributed by atoms with Gasteiger partial charge in [0.05, 0.1) is 13.2 Å². The Morgan fingerprint density at radius 1 is 0.886 bits per heavy atom. The lowest BCUT2D eigenvalue weighted by Crippen LogP contribution is -2.26. The highest BCUT2D eigenvalue weighted by Gasteiger charge is 2.23. The van der Waals surface area contributed by atoms with E-state index in [9.17, 15) is 24.2 Å². The van der Waals surface area contributed by atoms with Crippen LogP contribution in [0.2, 0.25) is 0 Å². The third-order valence-electron chi connectivity index (χ3n) is 5.26. The number of allylic oxidation sites excluding steroid dienone is 2. The highest BCUT2D eigenvalue weighted by Crippen LogP contribution is 2.42. The molecule has 0 heterocycles. The Bertz CT molecular complexity index is 614. The number of carbonyl (C=O) groups excluding carboxylic acids is 2. The van der Waals surface area contributed by atoms with Gasteiger partial charge in [0.2, 0.25) is 5.91 Å². The molecule has 0 rings (SSSR count). The van der Waals surface area contributed by atoms with Gasteiger partial charge in [-0.1, -0.05) is 70.9 Å². The first kappa shape index (κ1) is 33.8. The molecular formula is C25H48NO8P. The van der Waals surface area contributed by atoms with E-state index in [4.69, 9.17) is 4.74 Å². The molecule has 0 saturated heterocycles. The van der Waals surface area contributed by atoms with Crippen molar-refractivity contribution < 1.29 is 37.9 Å². The second-order valence-corrected chi connectivity index (χ2v) is 10.1. The summed E-state index contributed by atoms with van der Waals surface area (Å²) in [6.07, 6.45) is 17.8. The van der Waals surface area contributed by atoms with Crippen LogP contribution in [0.25, 0.3) is 0 Å². The quantitative estimate of drug-likeness (QED) is 0.0684. The molecular weight excluding hydrogens is 473 g/mol. The van der Waals surface area contributed by atoms with Crippen LogP contribution in [0.1, 0.15) is 104 Å². The number of amides is 1. The number of esters is 1. The molecule has 10 heteroatoms. The zero-order valence-electron chi connectivity index (χ0n) is 21.8. The minimum absolute atomic E-state index is 0.0665. The summed E-state index contributed by atoms with van der Waals surface area (Å²) in [6.45, 7) is 2.93. The van der Waals surface area contributed by atoms with Gasteiger partial charge in [0.15, 0.2) is 0 Å². The van der Waals surface area contributed by atoms with Crippen LogP contribution in [-0.4, -0.2) is 54.3 Å². The second kappa shape index (κ2) is 23.2. The van der Waals surface area contributed by atoms with E-state index >= 15 is 0 Å². The summed E-state index contributed by atoms with van der Waals surface area (Å²) >= 11 is 0. The zero-order chi connectivity index (χ0) is 26.2. The minimum atomic E-state index is -4.36. The molecule has 206 valence electrons. The maximum Gasteiger partial charge on any atom is 0.472 e. The number of phosphoric acid groups is 1. The molecule has 35 heavy (non-hydrogen) atoms. The summed E-state index contributed by atoms with van der Waals surface area (Å²) < 4.78 is 26.0. The Balaban J connectivity index is 3.61. The Morgan fingerprint density at radius 2 is 1.49 bits per heavy atom. The molecule has 0 fully saturated rings. The average Bonchev–Trinajstić information content (AvgIpc) is 2.84. The molecule has 0 aliphatic carbocycles. The fourth-order valence-corrected chi connectivity index (χ4v) is 3.92. The van der Waals surface area contributed by atoms with E-state index in [2.05, 4.69) is 33.4 Å².